The molecule has 2 heterocycles. The van der Waals surface area contributed by atoms with Crippen LogP contribution in [0.1, 0.15) is 6.04 Å². The van der Waals surface area contributed by atoms with Crippen LogP contribution in [-0.4, -0.2) is 60.7 Å². The summed E-state index contributed by atoms with van der Waals surface area (Å²) < 4.78 is 34.0. The Labute approximate surface area is 195 Å². The maximum absolute atomic E-state index is 13.6. The van der Waals surface area contributed by atoms with Crippen LogP contribution in [0.5, 0.6) is 0 Å². The minimum absolute atomic E-state index is 0.142. The number of benzene rings is 2. The van der Waals surface area contributed by atoms with E-state index in [1.54, 1.807) is 18.2 Å². The van der Waals surface area contributed by atoms with Crippen LogP contribution in [0.2, 0.25) is 10.0 Å². The molecule has 0 bridgehead atoms. The summed E-state index contributed by atoms with van der Waals surface area (Å²) in [6.07, 6.45) is -2.29. The van der Waals surface area contributed by atoms with Crippen molar-refractivity contribution in [1.29, 1.82) is 0 Å². The molecule has 2 unspecified atom stereocenters. The Kier molecular flexibility index (Phi) is 7.01. The van der Waals surface area contributed by atoms with Gasteiger partial charge < -0.3 is 20.1 Å². The Morgan fingerprint density at radius 1 is 1.03 bits per heavy atom. The molecule has 2 aromatic carbocycles. The SMILES string of the molecule is OCC1O[C@H](Sc2ccc(Cl)c(Cl)c2)[C@@H](O)C(n2cc(-c3cc(F)cc(F)c3)nn2)[C@H]1O. The summed E-state index contributed by atoms with van der Waals surface area (Å²) in [7, 11) is 0. The molecular formula is C20H17Cl2F2N3O4S. The maximum Gasteiger partial charge on any atom is 0.136 e. The Bertz CT molecular complexity index is 1100. The van der Waals surface area contributed by atoms with Crippen LogP contribution in [-0.2, 0) is 4.74 Å². The Hall–Kier alpha value is -1.79. The lowest BCUT2D eigenvalue weighted by Crippen LogP contribution is -2.55. The van der Waals surface area contributed by atoms with E-state index in [-0.39, 0.29) is 11.3 Å². The molecule has 1 aromatic heterocycles. The monoisotopic (exact) mass is 503 g/mol. The summed E-state index contributed by atoms with van der Waals surface area (Å²) in [5, 5.41) is 39.9. The van der Waals surface area contributed by atoms with Crippen molar-refractivity contribution in [2.75, 3.05) is 6.61 Å². The highest BCUT2D eigenvalue weighted by Crippen LogP contribution is 2.39. The number of thioether (sulfide) groups is 1. The number of aliphatic hydroxyl groups excluding tert-OH is 3. The van der Waals surface area contributed by atoms with Crippen LogP contribution in [0, 0.1) is 11.6 Å². The largest absolute Gasteiger partial charge is 0.394 e. The van der Waals surface area contributed by atoms with Crippen molar-refractivity contribution in [3.8, 4) is 11.3 Å². The third-order valence-electron chi connectivity index (χ3n) is 4.97. The molecule has 170 valence electrons. The van der Waals surface area contributed by atoms with E-state index in [0.29, 0.717) is 14.9 Å². The van der Waals surface area contributed by atoms with E-state index in [4.69, 9.17) is 27.9 Å². The molecule has 0 amide bonds. The lowest BCUT2D eigenvalue weighted by atomic mass is 9.97. The van der Waals surface area contributed by atoms with Crippen LogP contribution in [0.15, 0.2) is 47.5 Å². The van der Waals surface area contributed by atoms with Gasteiger partial charge in [-0.15, -0.1) is 5.10 Å². The summed E-state index contributed by atoms with van der Waals surface area (Å²) in [6.45, 7) is -0.514. The average molecular weight is 504 g/mol. The second-order valence-electron chi connectivity index (χ2n) is 7.13. The van der Waals surface area contributed by atoms with Crippen molar-refractivity contribution in [3.05, 3.63) is 64.3 Å². The van der Waals surface area contributed by atoms with E-state index in [0.717, 1.165) is 30.0 Å². The number of hydrogen-bond acceptors (Lipinski definition) is 7. The zero-order valence-electron chi connectivity index (χ0n) is 16.1. The molecule has 0 spiro atoms. The summed E-state index contributed by atoms with van der Waals surface area (Å²) in [5.74, 6) is -1.56. The minimum Gasteiger partial charge on any atom is -0.394 e. The normalized spacial score (nSPS) is 25.8. The van der Waals surface area contributed by atoms with Crippen molar-refractivity contribution in [1.82, 2.24) is 15.0 Å². The number of ether oxygens (including phenoxy) is 1. The van der Waals surface area contributed by atoms with Gasteiger partial charge in [0.05, 0.1) is 22.8 Å². The van der Waals surface area contributed by atoms with Crippen LogP contribution in [0.3, 0.4) is 0 Å². The van der Waals surface area contributed by atoms with Crippen molar-refractivity contribution < 1.29 is 28.8 Å². The zero-order chi connectivity index (χ0) is 23.0. The standard InChI is InChI=1S/C20H17Cl2F2N3O4S/c21-13-2-1-12(6-14(13)22)32-20-19(30)17(18(29)16(8-28)31-20)27-7-15(25-26-27)9-3-10(23)5-11(24)4-9/h1-7,16-20,28-30H,8H2/t16?,17?,18-,19-,20+/m0/s1. The number of aromatic nitrogens is 3. The summed E-state index contributed by atoms with van der Waals surface area (Å²) in [4.78, 5) is 0.643. The lowest BCUT2D eigenvalue weighted by Gasteiger charge is -2.41. The molecule has 0 aliphatic carbocycles. The molecule has 7 nitrogen and oxygen atoms in total. The molecule has 0 radical (unpaired) electrons. The number of halogens is 4. The van der Waals surface area contributed by atoms with Crippen molar-refractivity contribution in [2.24, 2.45) is 0 Å². The van der Waals surface area contributed by atoms with Gasteiger partial charge in [0.1, 0.15) is 47.1 Å². The second kappa shape index (κ2) is 9.60. The van der Waals surface area contributed by atoms with Gasteiger partial charge in [0, 0.05) is 16.5 Å². The fourth-order valence-electron chi connectivity index (χ4n) is 3.42. The van der Waals surface area contributed by atoms with E-state index >= 15 is 0 Å². The van der Waals surface area contributed by atoms with Gasteiger partial charge in [-0.2, -0.15) is 0 Å². The molecule has 1 saturated heterocycles. The smallest absolute Gasteiger partial charge is 0.136 e. The summed E-state index contributed by atoms with van der Waals surface area (Å²) in [6, 6.07) is 6.75. The topological polar surface area (TPSA) is 101 Å². The fraction of sp³-hybridized carbons (Fsp3) is 0.300. The Balaban J connectivity index is 1.63. The molecule has 12 heteroatoms. The molecule has 5 atom stereocenters. The molecule has 3 aromatic rings. The van der Waals surface area contributed by atoms with Gasteiger partial charge in [-0.1, -0.05) is 40.2 Å². The van der Waals surface area contributed by atoms with Gasteiger partial charge in [-0.05, 0) is 30.3 Å². The number of hydrogen-bond donors (Lipinski definition) is 3. The van der Waals surface area contributed by atoms with Crippen LogP contribution in [0.25, 0.3) is 11.3 Å². The Morgan fingerprint density at radius 3 is 2.41 bits per heavy atom. The number of aliphatic hydroxyl groups is 3. The first-order valence-corrected chi connectivity index (χ1v) is 11.0. The molecule has 1 fully saturated rings. The molecule has 0 saturated carbocycles. The summed E-state index contributed by atoms with van der Waals surface area (Å²) in [5.41, 5.74) is -0.620. The predicted octanol–water partition coefficient (Wildman–Crippen LogP) is 3.30. The van der Waals surface area contributed by atoms with Crippen LogP contribution in [0.4, 0.5) is 8.78 Å². The van der Waals surface area contributed by atoms with Crippen molar-refractivity contribution in [3.63, 3.8) is 0 Å². The quantitative estimate of drug-likeness (QED) is 0.490. The highest BCUT2D eigenvalue weighted by molar-refractivity contribution is 7.99. The summed E-state index contributed by atoms with van der Waals surface area (Å²) >= 11 is 13.1. The van der Waals surface area contributed by atoms with Gasteiger partial charge in [-0.3, -0.25) is 0 Å². The molecule has 4 rings (SSSR count). The van der Waals surface area contributed by atoms with E-state index < -0.39 is 48.0 Å². The zero-order valence-corrected chi connectivity index (χ0v) is 18.5. The van der Waals surface area contributed by atoms with Gasteiger partial charge in [0.2, 0.25) is 0 Å². The molecule has 1 aliphatic heterocycles. The predicted molar refractivity (Wildman–Crippen MR) is 114 cm³/mol. The van der Waals surface area contributed by atoms with E-state index in [1.807, 2.05) is 0 Å². The number of rotatable bonds is 5. The third kappa shape index (κ3) is 4.76. The Morgan fingerprint density at radius 2 is 1.75 bits per heavy atom. The van der Waals surface area contributed by atoms with E-state index in [2.05, 4.69) is 10.3 Å². The average Bonchev–Trinajstić information content (AvgIpc) is 3.22. The van der Waals surface area contributed by atoms with E-state index in [9.17, 15) is 24.1 Å². The number of nitrogens with zero attached hydrogens (tertiary/aromatic N) is 3. The molecule has 3 N–H and O–H groups in total. The van der Waals surface area contributed by atoms with Crippen molar-refractivity contribution >= 4 is 35.0 Å². The maximum atomic E-state index is 13.6. The van der Waals surface area contributed by atoms with Gasteiger partial charge in [-0.25, -0.2) is 13.5 Å². The minimum atomic E-state index is -1.33. The fourth-order valence-corrected chi connectivity index (χ4v) is 4.88. The van der Waals surface area contributed by atoms with E-state index in [1.165, 1.54) is 10.9 Å². The third-order valence-corrected chi connectivity index (χ3v) is 6.85. The molecular weight excluding hydrogens is 487 g/mol. The molecule has 32 heavy (non-hydrogen) atoms. The first-order chi connectivity index (χ1) is 15.3. The van der Waals surface area contributed by atoms with Gasteiger partial charge >= 0.3 is 0 Å². The van der Waals surface area contributed by atoms with Crippen LogP contribution < -0.4 is 0 Å². The van der Waals surface area contributed by atoms with Gasteiger partial charge in [0.15, 0.2) is 0 Å². The first-order valence-electron chi connectivity index (χ1n) is 9.39. The van der Waals surface area contributed by atoms with Crippen molar-refractivity contribution in [2.45, 2.75) is 34.7 Å². The highest BCUT2D eigenvalue weighted by Gasteiger charge is 2.46. The van der Waals surface area contributed by atoms with Gasteiger partial charge in [0.25, 0.3) is 0 Å². The molecule has 1 aliphatic rings. The lowest BCUT2D eigenvalue weighted by molar-refractivity contribution is -0.178. The second-order valence-corrected chi connectivity index (χ2v) is 9.12. The first kappa shape index (κ1) is 23.4. The van der Waals surface area contributed by atoms with Crippen LogP contribution >= 0.6 is 35.0 Å². The highest BCUT2D eigenvalue weighted by atomic mass is 35.5.